The van der Waals surface area contributed by atoms with Crippen LogP contribution < -0.4 is 5.73 Å². The lowest BCUT2D eigenvalue weighted by Crippen LogP contribution is -2.20. The summed E-state index contributed by atoms with van der Waals surface area (Å²) in [6, 6.07) is 0. The van der Waals surface area contributed by atoms with E-state index in [9.17, 15) is 0 Å². The van der Waals surface area contributed by atoms with Crippen LogP contribution in [0.2, 0.25) is 0 Å². The highest BCUT2D eigenvalue weighted by atomic mass is 16.5. The molecule has 2 N–H and O–H groups in total. The Kier molecular flexibility index (Phi) is 5.13. The Balaban J connectivity index is 2.06. The van der Waals surface area contributed by atoms with Crippen molar-refractivity contribution in [2.75, 3.05) is 13.2 Å². The highest BCUT2D eigenvalue weighted by Gasteiger charge is 2.29. The fourth-order valence-corrected chi connectivity index (χ4v) is 2.65. The minimum absolute atomic E-state index is 0.00873. The quantitative estimate of drug-likeness (QED) is 0.841. The van der Waals surface area contributed by atoms with Gasteiger partial charge in [0, 0.05) is 19.6 Å². The van der Waals surface area contributed by atoms with Crippen LogP contribution in [0.4, 0.5) is 0 Å². The van der Waals surface area contributed by atoms with Crippen molar-refractivity contribution < 1.29 is 9.26 Å². The van der Waals surface area contributed by atoms with Gasteiger partial charge >= 0.3 is 0 Å². The normalized spacial score (nSPS) is 19.0. The molecule has 0 amide bonds. The van der Waals surface area contributed by atoms with Crippen molar-refractivity contribution in [1.29, 1.82) is 0 Å². The highest BCUT2D eigenvalue weighted by molar-refractivity contribution is 4.95. The van der Waals surface area contributed by atoms with Crippen molar-refractivity contribution in [1.82, 2.24) is 10.1 Å². The summed E-state index contributed by atoms with van der Waals surface area (Å²) >= 11 is 0. The van der Waals surface area contributed by atoms with Crippen LogP contribution in [0.3, 0.4) is 0 Å². The first kappa shape index (κ1) is 13.5. The maximum absolute atomic E-state index is 5.84. The van der Waals surface area contributed by atoms with Crippen LogP contribution in [0.5, 0.6) is 0 Å². The molecule has 1 atom stereocenters. The molecular formula is C13H23N3O2. The van der Waals surface area contributed by atoms with E-state index in [4.69, 9.17) is 15.0 Å². The second kappa shape index (κ2) is 6.85. The molecule has 0 aliphatic heterocycles. The summed E-state index contributed by atoms with van der Waals surface area (Å²) in [6.07, 6.45) is 6.92. The Labute approximate surface area is 108 Å². The van der Waals surface area contributed by atoms with Gasteiger partial charge in [0.25, 0.3) is 0 Å². The first-order valence-electron chi connectivity index (χ1n) is 6.99. The molecule has 1 aliphatic rings. The zero-order valence-electron chi connectivity index (χ0n) is 11.1. The number of ether oxygens (including phenoxy) is 1. The van der Waals surface area contributed by atoms with Gasteiger partial charge in [0.15, 0.2) is 0 Å². The summed E-state index contributed by atoms with van der Waals surface area (Å²) in [5.41, 5.74) is 5.49. The van der Waals surface area contributed by atoms with E-state index in [1.165, 1.54) is 32.1 Å². The molecule has 1 fully saturated rings. The minimum Gasteiger partial charge on any atom is -0.370 e. The molecule has 5 heteroatoms. The van der Waals surface area contributed by atoms with Gasteiger partial charge in [0.1, 0.15) is 6.10 Å². The molecule has 0 saturated heterocycles. The lowest BCUT2D eigenvalue weighted by atomic mass is 9.85. The average Bonchev–Trinajstić information content (AvgIpc) is 2.86. The molecule has 5 nitrogen and oxygen atoms in total. The van der Waals surface area contributed by atoms with Crippen molar-refractivity contribution in [3.05, 3.63) is 11.7 Å². The van der Waals surface area contributed by atoms with Gasteiger partial charge in [0.2, 0.25) is 11.7 Å². The number of hydrogen-bond donors (Lipinski definition) is 1. The first-order chi connectivity index (χ1) is 8.85. The zero-order chi connectivity index (χ0) is 12.8. The lowest BCUT2D eigenvalue weighted by molar-refractivity contribution is -0.00145. The van der Waals surface area contributed by atoms with Crippen molar-refractivity contribution in [2.45, 2.75) is 51.6 Å². The lowest BCUT2D eigenvalue weighted by Gasteiger charge is -2.27. The van der Waals surface area contributed by atoms with E-state index in [0.717, 1.165) is 0 Å². The molecule has 1 unspecified atom stereocenters. The van der Waals surface area contributed by atoms with Gasteiger partial charge in [-0.3, -0.25) is 0 Å². The van der Waals surface area contributed by atoms with Crippen LogP contribution in [0.15, 0.2) is 4.52 Å². The summed E-state index contributed by atoms with van der Waals surface area (Å²) in [5.74, 6) is 1.85. The maximum atomic E-state index is 5.84. The number of hydrogen-bond acceptors (Lipinski definition) is 5. The van der Waals surface area contributed by atoms with Gasteiger partial charge in [-0.05, 0) is 25.7 Å². The summed E-state index contributed by atoms with van der Waals surface area (Å²) in [7, 11) is 0. The summed E-state index contributed by atoms with van der Waals surface area (Å²) < 4.78 is 11.0. The zero-order valence-corrected chi connectivity index (χ0v) is 11.1. The SMILES string of the molecule is CCOC(c1noc(CCN)n1)C1CCCCC1. The Morgan fingerprint density at radius 1 is 1.39 bits per heavy atom. The van der Waals surface area contributed by atoms with Crippen LogP contribution in [-0.2, 0) is 11.2 Å². The third-order valence-electron chi connectivity index (χ3n) is 3.52. The van der Waals surface area contributed by atoms with Gasteiger partial charge in [0.05, 0.1) is 0 Å². The Bertz CT molecular complexity index is 348. The molecule has 1 saturated carbocycles. The van der Waals surface area contributed by atoms with Crippen molar-refractivity contribution in [3.63, 3.8) is 0 Å². The standard InChI is InChI=1S/C13H23N3O2/c1-2-17-12(10-6-4-3-5-7-10)13-15-11(8-9-14)18-16-13/h10,12H,2-9,14H2,1H3. The summed E-state index contributed by atoms with van der Waals surface area (Å²) in [5, 5.41) is 4.06. The monoisotopic (exact) mass is 253 g/mol. The number of nitrogens with zero attached hydrogens (tertiary/aromatic N) is 2. The molecule has 102 valence electrons. The minimum atomic E-state index is -0.00873. The van der Waals surface area contributed by atoms with Crippen molar-refractivity contribution in [2.24, 2.45) is 11.7 Å². The molecule has 2 rings (SSSR count). The van der Waals surface area contributed by atoms with Crippen molar-refractivity contribution in [3.8, 4) is 0 Å². The van der Waals surface area contributed by atoms with Crippen LogP contribution >= 0.6 is 0 Å². The van der Waals surface area contributed by atoms with Crippen LogP contribution in [0.25, 0.3) is 0 Å². The molecule has 0 radical (unpaired) electrons. The molecule has 1 heterocycles. The smallest absolute Gasteiger partial charge is 0.228 e. The van der Waals surface area contributed by atoms with E-state index < -0.39 is 0 Å². The first-order valence-corrected chi connectivity index (χ1v) is 6.99. The average molecular weight is 253 g/mol. The van der Waals surface area contributed by atoms with Crippen LogP contribution in [0, 0.1) is 5.92 Å². The summed E-state index contributed by atoms with van der Waals surface area (Å²) in [4.78, 5) is 4.41. The number of rotatable bonds is 6. The van der Waals surface area contributed by atoms with Gasteiger partial charge in [-0.1, -0.05) is 24.4 Å². The molecule has 1 aromatic rings. The Morgan fingerprint density at radius 3 is 2.83 bits per heavy atom. The molecule has 0 spiro atoms. The molecule has 0 bridgehead atoms. The molecule has 18 heavy (non-hydrogen) atoms. The van der Waals surface area contributed by atoms with E-state index in [-0.39, 0.29) is 6.10 Å². The van der Waals surface area contributed by atoms with Gasteiger partial charge < -0.3 is 15.0 Å². The van der Waals surface area contributed by atoms with E-state index >= 15 is 0 Å². The third kappa shape index (κ3) is 3.29. The van der Waals surface area contributed by atoms with E-state index in [1.54, 1.807) is 0 Å². The second-order valence-electron chi connectivity index (χ2n) is 4.86. The highest BCUT2D eigenvalue weighted by Crippen LogP contribution is 2.35. The fraction of sp³-hybridized carbons (Fsp3) is 0.846. The molecule has 1 aliphatic carbocycles. The Morgan fingerprint density at radius 2 is 2.17 bits per heavy atom. The molecule has 0 aromatic carbocycles. The van der Waals surface area contributed by atoms with E-state index in [0.29, 0.717) is 37.2 Å². The van der Waals surface area contributed by atoms with Crippen LogP contribution in [-0.4, -0.2) is 23.3 Å². The fourth-order valence-electron chi connectivity index (χ4n) is 2.65. The largest absolute Gasteiger partial charge is 0.370 e. The number of nitrogens with two attached hydrogens (primary N) is 1. The third-order valence-corrected chi connectivity index (χ3v) is 3.52. The van der Waals surface area contributed by atoms with Crippen LogP contribution in [0.1, 0.15) is 56.8 Å². The summed E-state index contributed by atoms with van der Waals surface area (Å²) in [6.45, 7) is 3.23. The van der Waals surface area contributed by atoms with Gasteiger partial charge in [-0.2, -0.15) is 4.98 Å². The molecular weight excluding hydrogens is 230 g/mol. The number of aromatic nitrogens is 2. The predicted molar refractivity (Wildman–Crippen MR) is 68.0 cm³/mol. The van der Waals surface area contributed by atoms with E-state index in [2.05, 4.69) is 10.1 Å². The second-order valence-corrected chi connectivity index (χ2v) is 4.86. The molecule has 1 aromatic heterocycles. The van der Waals surface area contributed by atoms with E-state index in [1.807, 2.05) is 6.92 Å². The Hall–Kier alpha value is -0.940. The van der Waals surface area contributed by atoms with Gasteiger partial charge in [-0.25, -0.2) is 0 Å². The van der Waals surface area contributed by atoms with Gasteiger partial charge in [-0.15, -0.1) is 0 Å². The maximum Gasteiger partial charge on any atom is 0.228 e. The predicted octanol–water partition coefficient (Wildman–Crippen LogP) is 2.23. The topological polar surface area (TPSA) is 74.2 Å². The van der Waals surface area contributed by atoms with Crippen molar-refractivity contribution >= 4 is 0 Å².